The van der Waals surface area contributed by atoms with E-state index in [-0.39, 0.29) is 18.7 Å². The molecule has 0 saturated carbocycles. The normalized spacial score (nSPS) is 10.9. The Bertz CT molecular complexity index is 859. The van der Waals surface area contributed by atoms with Crippen LogP contribution in [0, 0.1) is 11.6 Å². The molecule has 1 aromatic carbocycles. The molecule has 0 unspecified atom stereocenters. The molecule has 6 nitrogen and oxygen atoms in total. The van der Waals surface area contributed by atoms with Gasteiger partial charge in [0.15, 0.2) is 0 Å². The summed E-state index contributed by atoms with van der Waals surface area (Å²) in [6.45, 7) is 0.0696. The lowest BCUT2D eigenvalue weighted by atomic mass is 10.0. The number of carbonyl (C=O) groups excluding carboxylic acids is 1. The summed E-state index contributed by atoms with van der Waals surface area (Å²) in [7, 11) is 0. The molecule has 0 aliphatic carbocycles. The second-order valence-electron chi connectivity index (χ2n) is 4.72. The summed E-state index contributed by atoms with van der Waals surface area (Å²) in [5, 5.41) is 12.1. The van der Waals surface area contributed by atoms with Gasteiger partial charge < -0.3 is 15.4 Å². The molecule has 0 radical (unpaired) electrons. The summed E-state index contributed by atoms with van der Waals surface area (Å²) in [5.74, 6) is -2.39. The molecule has 0 saturated heterocycles. The Morgan fingerprint density at radius 1 is 1.26 bits per heavy atom. The highest BCUT2D eigenvalue weighted by Crippen LogP contribution is 2.27. The smallest absolute Gasteiger partial charge is 0.201 e. The molecule has 2 heterocycles. The maximum absolute atomic E-state index is 13.8. The lowest BCUT2D eigenvalue weighted by molar-refractivity contribution is 0.103. The fraction of sp³-hybridized carbons (Fsp3) is 0.133. The van der Waals surface area contributed by atoms with Crippen molar-refractivity contribution >= 4 is 22.6 Å². The van der Waals surface area contributed by atoms with Crippen molar-refractivity contribution in [1.82, 2.24) is 15.0 Å². The van der Waals surface area contributed by atoms with E-state index in [9.17, 15) is 13.6 Å². The number of nitrogens with one attached hydrogen (secondary N) is 2. The molecule has 8 heteroatoms. The van der Waals surface area contributed by atoms with Crippen LogP contribution in [-0.4, -0.2) is 39.0 Å². The first-order chi connectivity index (χ1) is 11.1. The largest absolute Gasteiger partial charge is 0.395 e. The quantitative estimate of drug-likeness (QED) is 0.625. The van der Waals surface area contributed by atoms with Gasteiger partial charge in [0.2, 0.25) is 5.78 Å². The van der Waals surface area contributed by atoms with E-state index in [2.05, 4.69) is 20.3 Å². The average Bonchev–Trinajstić information content (AvgIpc) is 2.97. The van der Waals surface area contributed by atoms with Crippen LogP contribution < -0.4 is 5.32 Å². The third kappa shape index (κ3) is 2.64. The SMILES string of the molecule is O=C(c1c(F)cccc1F)c1c[nH]c2ncnc(NCCO)c12. The third-order valence-electron chi connectivity index (χ3n) is 3.31. The van der Waals surface area contributed by atoms with E-state index in [0.717, 1.165) is 12.1 Å². The predicted molar refractivity (Wildman–Crippen MR) is 79.3 cm³/mol. The van der Waals surface area contributed by atoms with Crippen molar-refractivity contribution in [2.45, 2.75) is 0 Å². The summed E-state index contributed by atoms with van der Waals surface area (Å²) in [4.78, 5) is 23.3. The first kappa shape index (κ1) is 15.0. The lowest BCUT2D eigenvalue weighted by Gasteiger charge is -2.07. The Labute approximate surface area is 129 Å². The van der Waals surface area contributed by atoms with Crippen LogP contribution in [0.4, 0.5) is 14.6 Å². The van der Waals surface area contributed by atoms with Crippen LogP contribution in [0.5, 0.6) is 0 Å². The van der Waals surface area contributed by atoms with Crippen molar-refractivity contribution in [3.8, 4) is 0 Å². The van der Waals surface area contributed by atoms with E-state index < -0.39 is 23.0 Å². The molecule has 0 bridgehead atoms. The molecule has 0 spiro atoms. The summed E-state index contributed by atoms with van der Waals surface area (Å²) >= 11 is 0. The van der Waals surface area contributed by atoms with Gasteiger partial charge in [-0.25, -0.2) is 18.7 Å². The number of aliphatic hydroxyl groups excluding tert-OH is 1. The number of benzene rings is 1. The predicted octanol–water partition coefficient (Wildman–Crippen LogP) is 1.87. The minimum absolute atomic E-state index is 0.0463. The molecule has 0 atom stereocenters. The first-order valence-electron chi connectivity index (χ1n) is 6.79. The Morgan fingerprint density at radius 3 is 2.70 bits per heavy atom. The number of hydrogen-bond donors (Lipinski definition) is 3. The van der Waals surface area contributed by atoms with Crippen molar-refractivity contribution in [2.75, 3.05) is 18.5 Å². The Hall–Kier alpha value is -2.87. The summed E-state index contributed by atoms with van der Waals surface area (Å²) in [6.07, 6.45) is 2.61. The number of aromatic nitrogens is 3. The van der Waals surface area contributed by atoms with Gasteiger partial charge in [0.05, 0.1) is 23.1 Å². The van der Waals surface area contributed by atoms with Gasteiger partial charge in [-0.15, -0.1) is 0 Å². The summed E-state index contributed by atoms with van der Waals surface area (Å²) < 4.78 is 27.7. The fourth-order valence-corrected chi connectivity index (χ4v) is 2.30. The zero-order valence-electron chi connectivity index (χ0n) is 11.8. The number of aromatic amines is 1. The highest BCUT2D eigenvalue weighted by Gasteiger charge is 2.23. The molecule has 3 N–H and O–H groups in total. The number of nitrogens with zero attached hydrogens (tertiary/aromatic N) is 2. The van der Waals surface area contributed by atoms with Crippen LogP contribution in [0.1, 0.15) is 15.9 Å². The second kappa shape index (κ2) is 6.09. The second-order valence-corrected chi connectivity index (χ2v) is 4.72. The average molecular weight is 318 g/mol. The van der Waals surface area contributed by atoms with Crippen molar-refractivity contribution in [3.05, 3.63) is 53.5 Å². The van der Waals surface area contributed by atoms with E-state index >= 15 is 0 Å². The van der Waals surface area contributed by atoms with E-state index in [1.165, 1.54) is 18.6 Å². The number of H-pyrrole nitrogens is 1. The van der Waals surface area contributed by atoms with Crippen molar-refractivity contribution in [2.24, 2.45) is 0 Å². The highest BCUT2D eigenvalue weighted by atomic mass is 19.1. The van der Waals surface area contributed by atoms with Crippen LogP contribution in [0.2, 0.25) is 0 Å². The number of anilines is 1. The maximum atomic E-state index is 13.8. The zero-order valence-corrected chi connectivity index (χ0v) is 11.8. The van der Waals surface area contributed by atoms with Crippen molar-refractivity contribution in [1.29, 1.82) is 0 Å². The molecular formula is C15H12F2N4O2. The number of carbonyl (C=O) groups is 1. The summed E-state index contributed by atoms with van der Waals surface area (Å²) in [5.41, 5.74) is -0.240. The molecule has 0 amide bonds. The molecular weight excluding hydrogens is 306 g/mol. The Balaban J connectivity index is 2.15. The number of rotatable bonds is 5. The molecule has 3 aromatic rings. The molecule has 23 heavy (non-hydrogen) atoms. The van der Waals surface area contributed by atoms with Crippen LogP contribution in [0.25, 0.3) is 11.0 Å². The number of halogens is 2. The molecule has 0 aliphatic heterocycles. The van der Waals surface area contributed by atoms with Gasteiger partial charge >= 0.3 is 0 Å². The van der Waals surface area contributed by atoms with Gasteiger partial charge in [0.25, 0.3) is 0 Å². The van der Waals surface area contributed by atoms with Crippen molar-refractivity contribution in [3.63, 3.8) is 0 Å². The fourth-order valence-electron chi connectivity index (χ4n) is 2.30. The van der Waals surface area contributed by atoms with Gasteiger partial charge in [0.1, 0.15) is 29.4 Å². The topological polar surface area (TPSA) is 90.9 Å². The van der Waals surface area contributed by atoms with Crippen LogP contribution in [-0.2, 0) is 0 Å². The molecule has 0 fully saturated rings. The van der Waals surface area contributed by atoms with Crippen molar-refractivity contribution < 1.29 is 18.7 Å². The molecule has 118 valence electrons. The van der Waals surface area contributed by atoms with Gasteiger partial charge in [-0.3, -0.25) is 4.79 Å². The van der Waals surface area contributed by atoms with E-state index in [0.29, 0.717) is 16.9 Å². The minimum atomic E-state index is -0.939. The first-order valence-corrected chi connectivity index (χ1v) is 6.79. The Morgan fingerprint density at radius 2 is 2.00 bits per heavy atom. The van der Waals surface area contributed by atoms with Gasteiger partial charge in [-0.1, -0.05) is 6.07 Å². The number of hydrogen-bond acceptors (Lipinski definition) is 5. The van der Waals surface area contributed by atoms with Gasteiger partial charge in [-0.05, 0) is 12.1 Å². The zero-order chi connectivity index (χ0) is 16.4. The van der Waals surface area contributed by atoms with Crippen LogP contribution in [0.3, 0.4) is 0 Å². The molecule has 3 rings (SSSR count). The standard InChI is InChI=1S/C15H12F2N4O2/c16-9-2-1-3-10(17)12(9)13(23)8-6-19-15-11(8)14(18-4-5-22)20-7-21-15/h1-3,6-7,22H,4-5H2,(H2,18,19,20,21). The number of aliphatic hydroxyl groups is 1. The van der Waals surface area contributed by atoms with Crippen LogP contribution >= 0.6 is 0 Å². The monoisotopic (exact) mass is 318 g/mol. The highest BCUT2D eigenvalue weighted by molar-refractivity contribution is 6.18. The molecule has 0 aliphatic rings. The van der Waals surface area contributed by atoms with E-state index in [1.54, 1.807) is 0 Å². The lowest BCUT2D eigenvalue weighted by Crippen LogP contribution is -2.10. The molecule has 2 aromatic heterocycles. The Kier molecular flexibility index (Phi) is 3.98. The number of fused-ring (bicyclic) bond motifs is 1. The third-order valence-corrected chi connectivity index (χ3v) is 3.31. The maximum Gasteiger partial charge on any atom is 0.201 e. The summed E-state index contributed by atoms with van der Waals surface area (Å²) in [6, 6.07) is 3.23. The minimum Gasteiger partial charge on any atom is -0.395 e. The van der Waals surface area contributed by atoms with Crippen LogP contribution in [0.15, 0.2) is 30.7 Å². The van der Waals surface area contributed by atoms with Gasteiger partial charge in [-0.2, -0.15) is 0 Å². The number of ketones is 1. The van der Waals surface area contributed by atoms with E-state index in [4.69, 9.17) is 5.11 Å². The van der Waals surface area contributed by atoms with Gasteiger partial charge in [0, 0.05) is 12.7 Å². The van der Waals surface area contributed by atoms with E-state index in [1.807, 2.05) is 0 Å².